The SMILES string of the molecule is c1nc2cc3sc(-c4cnc([C@@H]5CCCN5)[nH]4)nc3cc2s1. The molecule has 0 aliphatic carbocycles. The van der Waals surface area contributed by atoms with Crippen LogP contribution >= 0.6 is 22.7 Å². The largest absolute Gasteiger partial charge is 0.339 e. The Hall–Kier alpha value is -1.83. The topological polar surface area (TPSA) is 66.5 Å². The van der Waals surface area contributed by atoms with Crippen LogP contribution in [0.3, 0.4) is 0 Å². The number of nitrogens with one attached hydrogen (secondary N) is 2. The van der Waals surface area contributed by atoms with Gasteiger partial charge in [-0.05, 0) is 31.5 Å². The third kappa shape index (κ3) is 1.97. The second-order valence-corrected chi connectivity index (χ2v) is 7.41. The number of aromatic amines is 1. The highest BCUT2D eigenvalue weighted by molar-refractivity contribution is 7.22. The second kappa shape index (κ2) is 4.84. The molecule has 0 unspecified atom stereocenters. The van der Waals surface area contributed by atoms with Crippen molar-refractivity contribution in [2.24, 2.45) is 0 Å². The van der Waals surface area contributed by atoms with Crippen LogP contribution in [0.2, 0.25) is 0 Å². The summed E-state index contributed by atoms with van der Waals surface area (Å²) in [5, 5.41) is 4.46. The van der Waals surface area contributed by atoms with Crippen LogP contribution in [0.4, 0.5) is 0 Å². The molecule has 4 heterocycles. The summed E-state index contributed by atoms with van der Waals surface area (Å²) in [6.07, 6.45) is 4.26. The zero-order chi connectivity index (χ0) is 14.5. The number of hydrogen-bond acceptors (Lipinski definition) is 6. The Morgan fingerprint density at radius 1 is 1.14 bits per heavy atom. The second-order valence-electron chi connectivity index (χ2n) is 5.49. The molecule has 0 saturated carbocycles. The van der Waals surface area contributed by atoms with Crippen LogP contribution in [-0.2, 0) is 0 Å². The summed E-state index contributed by atoms with van der Waals surface area (Å²) in [5.74, 6) is 1.02. The minimum atomic E-state index is 0.359. The highest BCUT2D eigenvalue weighted by Crippen LogP contribution is 2.33. The number of hydrogen-bond donors (Lipinski definition) is 2. The Labute approximate surface area is 134 Å². The number of nitrogens with zero attached hydrogens (tertiary/aromatic N) is 3. The molecule has 22 heavy (non-hydrogen) atoms. The molecule has 1 aliphatic rings. The van der Waals surface area contributed by atoms with Gasteiger partial charge in [0.25, 0.3) is 0 Å². The average molecular weight is 327 g/mol. The maximum atomic E-state index is 4.76. The van der Waals surface area contributed by atoms with Crippen molar-refractivity contribution in [3.8, 4) is 10.7 Å². The molecule has 7 heteroatoms. The van der Waals surface area contributed by atoms with Gasteiger partial charge < -0.3 is 10.3 Å². The summed E-state index contributed by atoms with van der Waals surface area (Å²) in [6.45, 7) is 1.07. The van der Waals surface area contributed by atoms with Crippen molar-refractivity contribution in [2.45, 2.75) is 18.9 Å². The van der Waals surface area contributed by atoms with E-state index < -0.39 is 0 Å². The molecule has 0 radical (unpaired) electrons. The van der Waals surface area contributed by atoms with E-state index in [4.69, 9.17) is 4.98 Å². The van der Waals surface area contributed by atoms with Crippen LogP contribution in [0, 0.1) is 0 Å². The van der Waals surface area contributed by atoms with Gasteiger partial charge in [0.15, 0.2) is 0 Å². The molecular weight excluding hydrogens is 314 g/mol. The number of fused-ring (bicyclic) bond motifs is 2. The van der Waals surface area contributed by atoms with Crippen molar-refractivity contribution in [1.29, 1.82) is 0 Å². The zero-order valence-corrected chi connectivity index (χ0v) is 13.3. The fourth-order valence-electron chi connectivity index (χ4n) is 2.93. The predicted molar refractivity (Wildman–Crippen MR) is 90.4 cm³/mol. The van der Waals surface area contributed by atoms with Gasteiger partial charge in [-0.2, -0.15) is 0 Å². The third-order valence-corrected chi connectivity index (χ3v) is 5.90. The van der Waals surface area contributed by atoms with E-state index >= 15 is 0 Å². The van der Waals surface area contributed by atoms with Gasteiger partial charge >= 0.3 is 0 Å². The summed E-state index contributed by atoms with van der Waals surface area (Å²) in [6, 6.07) is 4.61. The van der Waals surface area contributed by atoms with Gasteiger partial charge in [0, 0.05) is 0 Å². The molecule has 5 nitrogen and oxygen atoms in total. The van der Waals surface area contributed by atoms with E-state index in [0.717, 1.165) is 40.5 Å². The van der Waals surface area contributed by atoms with Gasteiger partial charge in [0.2, 0.25) is 0 Å². The smallest absolute Gasteiger partial charge is 0.142 e. The minimum Gasteiger partial charge on any atom is -0.339 e. The standard InChI is InChI=1S/C15H13N5S2/c1-2-8(16-3-1)14-17-6-11(19-14)15-20-10-5-12-9(18-7-21-12)4-13(10)22-15/h4-8,16H,1-3H2,(H,17,19)/t8-/m0/s1. The van der Waals surface area contributed by atoms with Gasteiger partial charge in [-0.25, -0.2) is 15.0 Å². The highest BCUT2D eigenvalue weighted by Gasteiger charge is 2.20. The lowest BCUT2D eigenvalue weighted by molar-refractivity contribution is 0.613. The fraction of sp³-hybridized carbons (Fsp3) is 0.267. The van der Waals surface area contributed by atoms with Crippen LogP contribution < -0.4 is 5.32 Å². The van der Waals surface area contributed by atoms with Crippen molar-refractivity contribution >= 4 is 43.1 Å². The quantitative estimate of drug-likeness (QED) is 0.589. The molecule has 2 N–H and O–H groups in total. The van der Waals surface area contributed by atoms with Crippen LogP contribution in [-0.4, -0.2) is 26.5 Å². The maximum Gasteiger partial charge on any atom is 0.142 e. The molecule has 5 rings (SSSR count). The molecular formula is C15H13N5S2. The van der Waals surface area contributed by atoms with Gasteiger partial charge in [-0.1, -0.05) is 0 Å². The van der Waals surface area contributed by atoms with Gasteiger partial charge in [0.1, 0.15) is 10.8 Å². The van der Waals surface area contributed by atoms with Gasteiger partial charge in [-0.3, -0.25) is 0 Å². The van der Waals surface area contributed by atoms with E-state index in [2.05, 4.69) is 32.4 Å². The molecule has 3 aromatic heterocycles. The third-order valence-electron chi connectivity index (χ3n) is 4.06. The zero-order valence-electron chi connectivity index (χ0n) is 11.7. The minimum absolute atomic E-state index is 0.359. The van der Waals surface area contributed by atoms with Crippen molar-refractivity contribution in [1.82, 2.24) is 25.3 Å². The highest BCUT2D eigenvalue weighted by atomic mass is 32.1. The first kappa shape index (κ1) is 12.7. The van der Waals surface area contributed by atoms with Crippen molar-refractivity contribution < 1.29 is 0 Å². The summed E-state index contributed by atoms with van der Waals surface area (Å²) >= 11 is 3.34. The first-order valence-corrected chi connectivity index (χ1v) is 8.99. The fourth-order valence-corrected chi connectivity index (χ4v) is 4.57. The molecule has 1 aliphatic heterocycles. The maximum absolute atomic E-state index is 4.76. The van der Waals surface area contributed by atoms with E-state index in [-0.39, 0.29) is 0 Å². The number of imidazole rings is 1. The molecule has 4 aromatic rings. The van der Waals surface area contributed by atoms with Gasteiger partial charge in [-0.15, -0.1) is 22.7 Å². The summed E-state index contributed by atoms with van der Waals surface area (Å²) in [5.41, 5.74) is 4.96. The van der Waals surface area contributed by atoms with Crippen LogP contribution in [0.5, 0.6) is 0 Å². The molecule has 1 atom stereocenters. The number of rotatable bonds is 2. The lowest BCUT2D eigenvalue weighted by atomic mass is 10.2. The molecule has 0 spiro atoms. The lowest BCUT2D eigenvalue weighted by Crippen LogP contribution is -2.14. The summed E-state index contributed by atoms with van der Waals surface area (Å²) in [7, 11) is 0. The Bertz CT molecular complexity index is 913. The van der Waals surface area contributed by atoms with Crippen molar-refractivity contribution in [3.05, 3.63) is 29.7 Å². The molecule has 110 valence electrons. The Morgan fingerprint density at radius 3 is 3.00 bits per heavy atom. The lowest BCUT2D eigenvalue weighted by Gasteiger charge is -2.04. The molecule has 0 bridgehead atoms. The summed E-state index contributed by atoms with van der Waals surface area (Å²) < 4.78 is 2.35. The Balaban J connectivity index is 1.57. The van der Waals surface area contributed by atoms with Gasteiger partial charge in [0.05, 0.1) is 43.9 Å². The molecule has 0 amide bonds. The number of thiazole rings is 2. The first-order chi connectivity index (χ1) is 10.9. The van der Waals surface area contributed by atoms with E-state index in [1.807, 2.05) is 11.7 Å². The van der Waals surface area contributed by atoms with Crippen molar-refractivity contribution in [3.63, 3.8) is 0 Å². The number of benzene rings is 1. The summed E-state index contributed by atoms with van der Waals surface area (Å²) in [4.78, 5) is 17.1. The van der Waals surface area contributed by atoms with Crippen molar-refractivity contribution in [2.75, 3.05) is 6.54 Å². The average Bonchev–Trinajstić information content (AvgIpc) is 3.27. The van der Waals surface area contributed by atoms with E-state index in [1.54, 1.807) is 22.7 Å². The van der Waals surface area contributed by atoms with E-state index in [0.29, 0.717) is 6.04 Å². The van der Waals surface area contributed by atoms with E-state index in [9.17, 15) is 0 Å². The van der Waals surface area contributed by atoms with E-state index in [1.165, 1.54) is 15.8 Å². The molecule has 1 saturated heterocycles. The normalized spacial score (nSPS) is 18.6. The van der Waals surface area contributed by atoms with Crippen LogP contribution in [0.1, 0.15) is 24.7 Å². The number of H-pyrrole nitrogens is 1. The molecule has 1 fully saturated rings. The van der Waals surface area contributed by atoms with Crippen LogP contribution in [0.15, 0.2) is 23.8 Å². The Morgan fingerprint density at radius 2 is 2.09 bits per heavy atom. The first-order valence-electron chi connectivity index (χ1n) is 7.29. The monoisotopic (exact) mass is 327 g/mol. The Kier molecular flexibility index (Phi) is 2.79. The molecule has 1 aromatic carbocycles. The van der Waals surface area contributed by atoms with Crippen LogP contribution in [0.25, 0.3) is 31.1 Å². The number of aromatic nitrogens is 4. The predicted octanol–water partition coefficient (Wildman–Crippen LogP) is 3.72.